The molecule has 0 aliphatic rings. The van der Waals surface area contributed by atoms with E-state index in [1.54, 1.807) is 12.1 Å². The molecule has 9 heteroatoms. The van der Waals surface area contributed by atoms with E-state index in [1.807, 2.05) is 0 Å². The lowest BCUT2D eigenvalue weighted by molar-refractivity contribution is -0.0889. The maximum Gasteiger partial charge on any atom is 0.416 e. The van der Waals surface area contributed by atoms with Crippen LogP contribution in [0.2, 0.25) is 0 Å². The Bertz CT molecular complexity index is 1270. The van der Waals surface area contributed by atoms with Crippen LogP contribution in [0, 0.1) is 5.82 Å². The number of carbonyl (C=O) groups is 1. The molecule has 3 rings (SSSR count). The van der Waals surface area contributed by atoms with Gasteiger partial charge >= 0.3 is 12.1 Å². The number of halogens is 5. The average molecular weight is 465 g/mol. The number of allylic oxidation sites excluding steroid dienone is 5. The van der Waals surface area contributed by atoms with E-state index < -0.39 is 23.5 Å². The van der Waals surface area contributed by atoms with E-state index in [0.717, 1.165) is 6.07 Å². The van der Waals surface area contributed by atoms with E-state index in [9.17, 15) is 22.4 Å². The quantitative estimate of drug-likeness (QED) is 0.325. The van der Waals surface area contributed by atoms with Crippen molar-refractivity contribution in [1.82, 2.24) is 9.55 Å². The molecule has 0 saturated carbocycles. The first-order valence-corrected chi connectivity index (χ1v) is 9.68. The van der Waals surface area contributed by atoms with Crippen molar-refractivity contribution in [3.8, 4) is 11.1 Å². The van der Waals surface area contributed by atoms with Gasteiger partial charge in [-0.2, -0.15) is 13.2 Å². The Morgan fingerprint density at radius 2 is 2.00 bits per heavy atom. The van der Waals surface area contributed by atoms with Gasteiger partial charge in [0.1, 0.15) is 5.82 Å². The molecule has 2 heterocycles. The first-order chi connectivity index (χ1) is 15.1. The second kappa shape index (κ2) is 9.00. The Morgan fingerprint density at radius 1 is 1.28 bits per heavy atom. The van der Waals surface area contributed by atoms with Crippen LogP contribution in [0.1, 0.15) is 17.3 Å². The van der Waals surface area contributed by atoms with E-state index in [-0.39, 0.29) is 28.3 Å². The Hall–Kier alpha value is -3.39. The Balaban J connectivity index is 2.23. The normalized spacial score (nSPS) is 13.2. The Morgan fingerprint density at radius 3 is 2.56 bits per heavy atom. The second-order valence-corrected chi connectivity index (χ2v) is 7.18. The molecule has 0 aliphatic carbocycles. The fraction of sp³-hybridized carbons (Fsp3) is 0.130. The largest absolute Gasteiger partial charge is 0.478 e. The predicted molar refractivity (Wildman–Crippen MR) is 115 cm³/mol. The highest BCUT2D eigenvalue weighted by Crippen LogP contribution is 2.36. The number of hydrogen-bond acceptors (Lipinski definition) is 2. The fourth-order valence-corrected chi connectivity index (χ4v) is 3.52. The Kier molecular flexibility index (Phi) is 6.55. The zero-order chi connectivity index (χ0) is 23.6. The van der Waals surface area contributed by atoms with E-state index >= 15 is 0 Å². The van der Waals surface area contributed by atoms with Gasteiger partial charge in [0.05, 0.1) is 22.2 Å². The van der Waals surface area contributed by atoms with Gasteiger partial charge in [-0.15, -0.1) is 0 Å². The van der Waals surface area contributed by atoms with Gasteiger partial charge in [-0.1, -0.05) is 36.4 Å². The molecule has 1 N–H and O–H groups in total. The van der Waals surface area contributed by atoms with Crippen LogP contribution in [0.15, 0.2) is 77.6 Å². The van der Waals surface area contributed by atoms with Crippen molar-refractivity contribution >= 4 is 28.6 Å². The second-order valence-electron chi connectivity index (χ2n) is 6.77. The highest BCUT2D eigenvalue weighted by Gasteiger charge is 2.35. The number of aromatic nitrogens is 2. The summed E-state index contributed by atoms with van der Waals surface area (Å²) in [5.74, 6) is -2.07. The predicted octanol–water partition coefficient (Wildman–Crippen LogP) is 6.73. The van der Waals surface area contributed by atoms with Crippen LogP contribution in [0.5, 0.6) is 0 Å². The highest BCUT2D eigenvalue weighted by molar-refractivity contribution is 6.32. The minimum Gasteiger partial charge on any atom is -0.478 e. The van der Waals surface area contributed by atoms with Gasteiger partial charge in [-0.25, -0.2) is 9.18 Å². The smallest absolute Gasteiger partial charge is 0.416 e. The monoisotopic (exact) mass is 464 g/mol. The van der Waals surface area contributed by atoms with Crippen molar-refractivity contribution in [2.75, 3.05) is 0 Å². The molecule has 0 radical (unpaired) electrons. The highest BCUT2D eigenvalue weighted by atomic mass is 35.5. The Labute approximate surface area is 185 Å². The topological polar surface area (TPSA) is 55.1 Å². The molecule has 166 valence electrons. The zero-order valence-corrected chi connectivity index (χ0v) is 17.5. The maximum atomic E-state index is 14.7. The van der Waals surface area contributed by atoms with Crippen LogP contribution in [0.4, 0.5) is 17.6 Å². The summed E-state index contributed by atoms with van der Waals surface area (Å²) in [4.78, 5) is 15.4. The molecule has 4 nitrogen and oxygen atoms in total. The number of aromatic carboxylic acids is 1. The van der Waals surface area contributed by atoms with Gasteiger partial charge in [0.25, 0.3) is 0 Å². The first kappa shape index (κ1) is 23.3. The molecule has 0 saturated heterocycles. The van der Waals surface area contributed by atoms with Crippen LogP contribution >= 0.6 is 11.6 Å². The van der Waals surface area contributed by atoms with E-state index in [2.05, 4.69) is 11.6 Å². The number of benzene rings is 1. The SMILES string of the molecule is C=C/C(=C(Cn1cc(-c2ccc(C(=O)O)cc2F)c2ncccc21)\C(Cl)=C/C)C(F)(F)F. The maximum absolute atomic E-state index is 14.7. The van der Waals surface area contributed by atoms with E-state index in [0.29, 0.717) is 22.7 Å². The summed E-state index contributed by atoms with van der Waals surface area (Å²) in [7, 11) is 0. The van der Waals surface area contributed by atoms with Crippen LogP contribution in [-0.4, -0.2) is 26.8 Å². The van der Waals surface area contributed by atoms with Gasteiger partial charge in [0.2, 0.25) is 0 Å². The molecule has 1 aromatic carbocycles. The summed E-state index contributed by atoms with van der Waals surface area (Å²) in [6.45, 7) is 4.51. The number of rotatable bonds is 6. The number of fused-ring (bicyclic) bond motifs is 1. The average Bonchev–Trinajstić information content (AvgIpc) is 3.10. The molecular formula is C23H17ClF4N2O2. The molecule has 3 aromatic rings. The number of nitrogens with zero attached hydrogens (tertiary/aromatic N) is 2. The third kappa shape index (κ3) is 4.45. The van der Waals surface area contributed by atoms with Crippen molar-refractivity contribution < 1.29 is 27.5 Å². The number of carboxylic acids is 1. The third-order valence-corrected chi connectivity index (χ3v) is 5.29. The summed E-state index contributed by atoms with van der Waals surface area (Å²) in [6, 6.07) is 6.66. The zero-order valence-electron chi connectivity index (χ0n) is 16.8. The standard InChI is InChI=1S/C23H17ClF4N2O2/c1-3-17(23(26,27)28)16(18(24)4-2)12-30-11-15(21-20(30)6-5-9-29-21)14-8-7-13(22(31)32)10-19(14)25/h3-11H,1,12H2,2H3,(H,31,32)/b17-16+,18-4+. The van der Waals surface area contributed by atoms with Gasteiger partial charge < -0.3 is 9.67 Å². The van der Waals surface area contributed by atoms with E-state index in [4.69, 9.17) is 16.7 Å². The molecule has 0 amide bonds. The summed E-state index contributed by atoms with van der Waals surface area (Å²) in [5, 5.41) is 8.96. The number of pyridine rings is 1. The van der Waals surface area contributed by atoms with Crippen molar-refractivity contribution in [3.05, 3.63) is 89.0 Å². The van der Waals surface area contributed by atoms with Crippen LogP contribution < -0.4 is 0 Å². The third-order valence-electron chi connectivity index (χ3n) is 4.85. The van der Waals surface area contributed by atoms with Gasteiger partial charge in [-0.05, 0) is 31.2 Å². The van der Waals surface area contributed by atoms with Gasteiger partial charge in [0.15, 0.2) is 0 Å². The summed E-state index contributed by atoms with van der Waals surface area (Å²) >= 11 is 6.12. The lowest BCUT2D eigenvalue weighted by atomic mass is 10.0. The molecule has 0 aliphatic heterocycles. The fourth-order valence-electron chi connectivity index (χ4n) is 3.36. The lowest BCUT2D eigenvalue weighted by Crippen LogP contribution is -2.15. The van der Waals surface area contributed by atoms with Crippen molar-refractivity contribution in [2.24, 2.45) is 0 Å². The minimum absolute atomic E-state index is 0.0693. The van der Waals surface area contributed by atoms with Crippen molar-refractivity contribution in [1.29, 1.82) is 0 Å². The summed E-state index contributed by atoms with van der Waals surface area (Å²) in [6.07, 6.45) is 0.314. The molecule has 0 unspecified atom stereocenters. The number of hydrogen-bond donors (Lipinski definition) is 1. The van der Waals surface area contributed by atoms with Gasteiger partial charge in [-0.3, -0.25) is 4.98 Å². The van der Waals surface area contributed by atoms with Crippen molar-refractivity contribution in [3.63, 3.8) is 0 Å². The number of carboxylic acid groups (broad SMARTS) is 1. The molecular weight excluding hydrogens is 448 g/mol. The lowest BCUT2D eigenvalue weighted by Gasteiger charge is -2.16. The van der Waals surface area contributed by atoms with Crippen LogP contribution in [-0.2, 0) is 6.54 Å². The number of alkyl halides is 3. The summed E-state index contributed by atoms with van der Waals surface area (Å²) < 4.78 is 56.9. The van der Waals surface area contributed by atoms with E-state index in [1.165, 1.54) is 42.1 Å². The van der Waals surface area contributed by atoms with Crippen LogP contribution in [0.3, 0.4) is 0 Å². The molecule has 0 bridgehead atoms. The molecule has 0 fully saturated rings. The molecule has 2 aromatic heterocycles. The minimum atomic E-state index is -4.68. The van der Waals surface area contributed by atoms with Crippen LogP contribution in [0.25, 0.3) is 22.2 Å². The molecule has 0 spiro atoms. The summed E-state index contributed by atoms with van der Waals surface area (Å²) in [5.41, 5.74) is -0.243. The molecule has 0 atom stereocenters. The molecule has 32 heavy (non-hydrogen) atoms. The van der Waals surface area contributed by atoms with Crippen molar-refractivity contribution in [2.45, 2.75) is 19.6 Å². The first-order valence-electron chi connectivity index (χ1n) is 9.30. The van der Waals surface area contributed by atoms with Gasteiger partial charge in [0, 0.05) is 40.7 Å².